The number of unbranched alkanes of at least 4 members (excludes halogenated alkanes) is 20. The molecule has 0 fully saturated rings. The van der Waals surface area contributed by atoms with Crippen LogP contribution in [0.2, 0.25) is 0 Å². The van der Waals surface area contributed by atoms with Gasteiger partial charge in [0.05, 0.1) is 40.3 Å². The summed E-state index contributed by atoms with van der Waals surface area (Å²) in [5, 5.41) is 11.8. The Morgan fingerprint density at radius 1 is 0.390 bits per heavy atom. The van der Waals surface area contributed by atoms with E-state index >= 15 is 0 Å². The van der Waals surface area contributed by atoms with E-state index < -0.39 is 30.3 Å². The number of hydrogen-bond acceptors (Lipinski definition) is 8. The first kappa shape index (κ1) is 72.7. The third-order valence-corrected chi connectivity index (χ3v) is 12.7. The number of aliphatic carboxylic acids is 1. The van der Waals surface area contributed by atoms with Gasteiger partial charge in [0.2, 0.25) is 0 Å². The lowest BCUT2D eigenvalue weighted by atomic mass is 10.0. The van der Waals surface area contributed by atoms with Gasteiger partial charge in [0.1, 0.15) is 13.2 Å². The summed E-state index contributed by atoms with van der Waals surface area (Å²) in [6.45, 7) is 4.46. The Hall–Kier alpha value is -4.31. The fraction of sp³-hybridized carbons (Fsp3) is 0.662. The van der Waals surface area contributed by atoms with Crippen molar-refractivity contribution in [2.24, 2.45) is 0 Å². The molecule has 2 atom stereocenters. The van der Waals surface area contributed by atoms with Gasteiger partial charge in [0.15, 0.2) is 12.4 Å². The van der Waals surface area contributed by atoms with Crippen molar-refractivity contribution >= 4 is 17.9 Å². The third kappa shape index (κ3) is 59.2. The SMILES string of the molecule is CC/C=C\C/C=C\C/C=C\C/C=C\C/C=C\C/C=C\CCCCCCCCCCCCCCCCCCCCC(=O)OC(COC(=O)CCCC/C=C\C/C=C\C/C=C\C/C=C\CC)COC(OCC[N+](C)(C)C)C(=O)[O-]. The molecule has 0 spiro atoms. The molecule has 0 rings (SSSR count). The molecule has 0 aromatic carbocycles. The molecular formula is C68H113NO8. The van der Waals surface area contributed by atoms with Gasteiger partial charge in [-0.15, -0.1) is 0 Å². The second-order valence-corrected chi connectivity index (χ2v) is 21.2. The van der Waals surface area contributed by atoms with Crippen LogP contribution in [0.3, 0.4) is 0 Å². The van der Waals surface area contributed by atoms with Gasteiger partial charge in [0.25, 0.3) is 0 Å². The highest BCUT2D eigenvalue weighted by molar-refractivity contribution is 5.70. The summed E-state index contributed by atoms with van der Waals surface area (Å²) in [5.74, 6) is -2.34. The van der Waals surface area contributed by atoms with Crippen LogP contribution in [0.1, 0.15) is 232 Å². The summed E-state index contributed by atoms with van der Waals surface area (Å²) >= 11 is 0. The Balaban J connectivity index is 4.10. The number of carbonyl (C=O) groups excluding carboxylic acids is 3. The number of quaternary nitrogens is 1. The van der Waals surface area contributed by atoms with E-state index in [1.165, 1.54) is 96.3 Å². The van der Waals surface area contributed by atoms with Crippen LogP contribution >= 0.6 is 0 Å². The van der Waals surface area contributed by atoms with E-state index in [0.29, 0.717) is 23.9 Å². The van der Waals surface area contributed by atoms with Crippen LogP contribution in [-0.2, 0) is 33.3 Å². The van der Waals surface area contributed by atoms with Crippen LogP contribution < -0.4 is 5.11 Å². The molecule has 0 saturated carbocycles. The summed E-state index contributed by atoms with van der Waals surface area (Å²) in [6.07, 6.45) is 78.5. The first-order valence-electron chi connectivity index (χ1n) is 30.7. The number of carboxylic acids is 1. The van der Waals surface area contributed by atoms with E-state index in [-0.39, 0.29) is 32.7 Å². The number of nitrogens with zero attached hydrogens (tertiary/aromatic N) is 1. The van der Waals surface area contributed by atoms with E-state index in [1.54, 1.807) is 0 Å². The lowest BCUT2D eigenvalue weighted by Gasteiger charge is -2.26. The molecule has 0 heterocycles. The van der Waals surface area contributed by atoms with E-state index in [2.05, 4.69) is 135 Å². The molecule has 0 aliphatic heterocycles. The minimum absolute atomic E-state index is 0.136. The maximum absolute atomic E-state index is 12.9. The minimum atomic E-state index is -1.64. The number of ether oxygens (including phenoxy) is 4. The van der Waals surface area contributed by atoms with Crippen molar-refractivity contribution in [3.63, 3.8) is 0 Å². The summed E-state index contributed by atoms with van der Waals surface area (Å²) in [4.78, 5) is 37.2. The molecule has 0 aliphatic rings. The number of allylic oxidation sites excluding steroid dienone is 20. The van der Waals surface area contributed by atoms with Crippen LogP contribution in [0.5, 0.6) is 0 Å². The molecule has 9 nitrogen and oxygen atoms in total. The first-order chi connectivity index (χ1) is 37.6. The summed E-state index contributed by atoms with van der Waals surface area (Å²) < 4.78 is 22.6. The Kier molecular flexibility index (Phi) is 54.6. The molecular weight excluding hydrogens is 959 g/mol. The topological polar surface area (TPSA) is 111 Å². The zero-order chi connectivity index (χ0) is 56.2. The molecule has 0 radical (unpaired) electrons. The van der Waals surface area contributed by atoms with Crippen molar-refractivity contribution in [2.45, 2.75) is 245 Å². The fourth-order valence-electron chi connectivity index (χ4n) is 8.06. The zero-order valence-corrected chi connectivity index (χ0v) is 49.8. The van der Waals surface area contributed by atoms with Gasteiger partial charge in [-0.3, -0.25) is 9.59 Å². The fourth-order valence-corrected chi connectivity index (χ4v) is 8.06. The standard InChI is InChI=1S/C68H113NO8/c1-6-8-10-12-14-16-18-20-22-23-24-25-26-27-28-29-30-31-32-33-34-35-36-37-38-39-40-41-42-43-45-47-49-51-53-55-57-59-66(71)77-64(63-76-68(67(72)73)74-61-60-69(3,4)5)62-75-65(70)58-56-54-52-50-48-46-44-21-19-17-15-13-11-9-7-2/h8-11,14-17,20-22,24-25,27-28,30-31,44,48,50,64,68H,6-7,12-13,18-19,23,26,29,32-43,45-47,49,51-63H2,1-5H3/b10-8-,11-9-,16-14-,17-15-,22-20-,25-24-,28-27-,31-30-,44-21-,50-48-. The van der Waals surface area contributed by atoms with E-state index in [0.717, 1.165) is 96.3 Å². The van der Waals surface area contributed by atoms with Crippen LogP contribution in [-0.4, -0.2) is 82.3 Å². The van der Waals surface area contributed by atoms with Gasteiger partial charge in [-0.25, -0.2) is 0 Å². The Morgan fingerprint density at radius 3 is 1.06 bits per heavy atom. The molecule has 438 valence electrons. The van der Waals surface area contributed by atoms with Gasteiger partial charge in [-0.2, -0.15) is 0 Å². The van der Waals surface area contributed by atoms with Crippen molar-refractivity contribution in [3.05, 3.63) is 122 Å². The number of rotatable bonds is 55. The third-order valence-electron chi connectivity index (χ3n) is 12.7. The summed E-state index contributed by atoms with van der Waals surface area (Å²) in [5.41, 5.74) is 0. The average Bonchev–Trinajstić information content (AvgIpc) is 3.40. The number of carbonyl (C=O) groups is 3. The second kappa shape index (κ2) is 57.9. The van der Waals surface area contributed by atoms with Crippen LogP contribution in [0.15, 0.2) is 122 Å². The highest BCUT2D eigenvalue weighted by atomic mass is 16.7. The molecule has 9 heteroatoms. The van der Waals surface area contributed by atoms with Crippen LogP contribution in [0.25, 0.3) is 0 Å². The van der Waals surface area contributed by atoms with Gasteiger partial charge in [-0.05, 0) is 103 Å². The largest absolute Gasteiger partial charge is 0.545 e. The van der Waals surface area contributed by atoms with Crippen molar-refractivity contribution < 1.29 is 42.9 Å². The molecule has 0 aliphatic carbocycles. The number of carboxylic acid groups (broad SMARTS) is 1. The predicted octanol–water partition coefficient (Wildman–Crippen LogP) is 17.1. The van der Waals surface area contributed by atoms with E-state index in [4.69, 9.17) is 18.9 Å². The van der Waals surface area contributed by atoms with Crippen LogP contribution in [0, 0.1) is 0 Å². The van der Waals surface area contributed by atoms with Gasteiger partial charge >= 0.3 is 11.9 Å². The maximum atomic E-state index is 12.9. The molecule has 0 aromatic heterocycles. The Labute approximate surface area is 472 Å². The normalized spacial score (nSPS) is 13.6. The number of hydrogen-bond donors (Lipinski definition) is 0. The van der Waals surface area contributed by atoms with E-state index in [9.17, 15) is 19.5 Å². The van der Waals surface area contributed by atoms with Crippen molar-refractivity contribution in [1.82, 2.24) is 0 Å². The molecule has 0 aromatic rings. The van der Waals surface area contributed by atoms with E-state index in [1.807, 2.05) is 21.1 Å². The van der Waals surface area contributed by atoms with Gasteiger partial charge < -0.3 is 33.3 Å². The number of esters is 2. The van der Waals surface area contributed by atoms with Crippen molar-refractivity contribution in [1.29, 1.82) is 0 Å². The maximum Gasteiger partial charge on any atom is 0.306 e. The van der Waals surface area contributed by atoms with Crippen molar-refractivity contribution in [3.8, 4) is 0 Å². The second-order valence-electron chi connectivity index (χ2n) is 21.2. The number of likely N-dealkylation sites (N-methyl/N-ethyl adjacent to an activating group) is 1. The highest BCUT2D eigenvalue weighted by Crippen LogP contribution is 2.16. The lowest BCUT2D eigenvalue weighted by molar-refractivity contribution is -0.870. The molecule has 0 N–H and O–H groups in total. The summed E-state index contributed by atoms with van der Waals surface area (Å²) in [6, 6.07) is 0. The molecule has 0 saturated heterocycles. The lowest BCUT2D eigenvalue weighted by Crippen LogP contribution is -2.44. The Morgan fingerprint density at radius 2 is 0.701 bits per heavy atom. The molecule has 2 unspecified atom stereocenters. The monoisotopic (exact) mass is 1070 g/mol. The highest BCUT2D eigenvalue weighted by Gasteiger charge is 2.22. The van der Waals surface area contributed by atoms with Crippen molar-refractivity contribution in [2.75, 3.05) is 47.5 Å². The zero-order valence-electron chi connectivity index (χ0n) is 49.8. The van der Waals surface area contributed by atoms with Gasteiger partial charge in [-0.1, -0.05) is 238 Å². The first-order valence-corrected chi connectivity index (χ1v) is 30.7. The minimum Gasteiger partial charge on any atom is -0.545 e. The van der Waals surface area contributed by atoms with Crippen LogP contribution in [0.4, 0.5) is 0 Å². The molecule has 0 amide bonds. The smallest absolute Gasteiger partial charge is 0.306 e. The average molecular weight is 1070 g/mol. The predicted molar refractivity (Wildman–Crippen MR) is 324 cm³/mol. The summed E-state index contributed by atoms with van der Waals surface area (Å²) in [7, 11) is 5.90. The molecule has 0 bridgehead atoms. The Bertz CT molecular complexity index is 1670. The van der Waals surface area contributed by atoms with Gasteiger partial charge in [0, 0.05) is 12.8 Å². The quantitative estimate of drug-likeness (QED) is 0.0195. The molecule has 77 heavy (non-hydrogen) atoms.